The largest absolute Gasteiger partial charge is 0.426 e. The van der Waals surface area contributed by atoms with Crippen LogP contribution in [0.5, 0.6) is 0 Å². The van der Waals surface area contributed by atoms with E-state index in [4.69, 9.17) is 15.3 Å². The first-order chi connectivity index (χ1) is 5.49. The Labute approximate surface area is 68.0 Å². The Morgan fingerprint density at radius 3 is 2.67 bits per heavy atom. The van der Waals surface area contributed by atoms with Crippen LogP contribution in [-0.4, -0.2) is 51.0 Å². The van der Waals surface area contributed by atoms with Crippen LogP contribution in [0, 0.1) is 0 Å². The first kappa shape index (κ1) is 9.40. The van der Waals surface area contributed by atoms with E-state index in [0.29, 0.717) is 0 Å². The van der Waals surface area contributed by atoms with Gasteiger partial charge in [-0.25, -0.2) is 4.79 Å². The molecule has 0 spiro atoms. The van der Waals surface area contributed by atoms with Crippen molar-refractivity contribution < 1.29 is 30.0 Å². The summed E-state index contributed by atoms with van der Waals surface area (Å²) in [5, 5.41) is 35.7. The summed E-state index contributed by atoms with van der Waals surface area (Å²) < 4.78 is 4.21. The molecule has 70 valence electrons. The number of hydrogen-bond acceptors (Lipinski definition) is 6. The Kier molecular flexibility index (Phi) is 2.34. The summed E-state index contributed by atoms with van der Waals surface area (Å²) in [4.78, 5) is 10.7. The molecule has 0 amide bonds. The molecule has 0 aromatic carbocycles. The Balaban J connectivity index is 2.74. The second-order valence-electron chi connectivity index (χ2n) is 2.69. The highest BCUT2D eigenvalue weighted by Gasteiger charge is 2.46. The number of carbonyl (C=O) groups is 1. The fraction of sp³-hybridized carbons (Fsp3) is 0.833. The summed E-state index contributed by atoms with van der Waals surface area (Å²) in [6, 6.07) is 0. The van der Waals surface area contributed by atoms with Gasteiger partial charge >= 0.3 is 5.97 Å². The van der Waals surface area contributed by atoms with Gasteiger partial charge in [0.15, 0.2) is 6.10 Å². The van der Waals surface area contributed by atoms with Gasteiger partial charge in [-0.15, -0.1) is 0 Å². The van der Waals surface area contributed by atoms with Gasteiger partial charge in [0, 0.05) is 6.42 Å². The Bertz CT molecular complexity index is 192. The van der Waals surface area contributed by atoms with Crippen LogP contribution in [0.4, 0.5) is 0 Å². The first-order valence-corrected chi connectivity index (χ1v) is 3.42. The molecule has 1 aliphatic rings. The highest BCUT2D eigenvalue weighted by Crippen LogP contribution is 2.23. The standard InChI is InChI=1S/C6H10O6/c7-2-6(11)4(9)1-3(8)5(10)12-6/h3-4,7-9,11H,1-2H2/t3-,4-,6-/m0/s1. The maximum Gasteiger partial charge on any atom is 0.337 e. The zero-order valence-electron chi connectivity index (χ0n) is 6.17. The van der Waals surface area contributed by atoms with Crippen LogP contribution in [0.3, 0.4) is 0 Å². The Hall–Kier alpha value is -0.690. The average Bonchev–Trinajstić information content (AvgIpc) is 2.01. The van der Waals surface area contributed by atoms with Gasteiger partial charge in [0.05, 0.1) is 0 Å². The van der Waals surface area contributed by atoms with Crippen molar-refractivity contribution in [2.75, 3.05) is 6.61 Å². The lowest BCUT2D eigenvalue weighted by Crippen LogP contribution is -2.56. The highest BCUT2D eigenvalue weighted by atomic mass is 16.7. The molecule has 0 aliphatic carbocycles. The van der Waals surface area contributed by atoms with Crippen LogP contribution in [0.2, 0.25) is 0 Å². The molecule has 1 fully saturated rings. The van der Waals surface area contributed by atoms with Crippen molar-refractivity contribution in [3.63, 3.8) is 0 Å². The van der Waals surface area contributed by atoms with Gasteiger partial charge in [-0.2, -0.15) is 0 Å². The van der Waals surface area contributed by atoms with Crippen molar-refractivity contribution in [3.8, 4) is 0 Å². The maximum absolute atomic E-state index is 10.7. The van der Waals surface area contributed by atoms with Gasteiger partial charge in [-0.3, -0.25) is 0 Å². The van der Waals surface area contributed by atoms with Crippen molar-refractivity contribution >= 4 is 5.97 Å². The smallest absolute Gasteiger partial charge is 0.337 e. The van der Waals surface area contributed by atoms with E-state index in [0.717, 1.165) is 0 Å². The Morgan fingerprint density at radius 1 is 1.58 bits per heavy atom. The van der Waals surface area contributed by atoms with E-state index >= 15 is 0 Å². The summed E-state index contributed by atoms with van der Waals surface area (Å²) in [5.41, 5.74) is 0. The molecule has 1 heterocycles. The fourth-order valence-corrected chi connectivity index (χ4v) is 0.940. The molecule has 0 bridgehead atoms. The van der Waals surface area contributed by atoms with Crippen molar-refractivity contribution in [1.29, 1.82) is 0 Å². The molecular weight excluding hydrogens is 168 g/mol. The molecule has 1 aliphatic heterocycles. The number of ether oxygens (including phenoxy) is 1. The van der Waals surface area contributed by atoms with Crippen LogP contribution in [0.25, 0.3) is 0 Å². The predicted molar refractivity (Wildman–Crippen MR) is 34.8 cm³/mol. The molecule has 4 N–H and O–H groups in total. The summed E-state index contributed by atoms with van der Waals surface area (Å²) >= 11 is 0. The zero-order valence-corrected chi connectivity index (χ0v) is 6.17. The molecule has 6 heteroatoms. The monoisotopic (exact) mass is 178 g/mol. The number of cyclic esters (lactones) is 1. The van der Waals surface area contributed by atoms with Gasteiger partial charge < -0.3 is 25.2 Å². The van der Waals surface area contributed by atoms with E-state index in [-0.39, 0.29) is 6.42 Å². The number of rotatable bonds is 1. The van der Waals surface area contributed by atoms with Crippen molar-refractivity contribution in [2.24, 2.45) is 0 Å². The van der Waals surface area contributed by atoms with Crippen molar-refractivity contribution in [1.82, 2.24) is 0 Å². The molecule has 0 aromatic heterocycles. The predicted octanol–water partition coefficient (Wildman–Crippen LogP) is -2.66. The first-order valence-electron chi connectivity index (χ1n) is 3.42. The lowest BCUT2D eigenvalue weighted by atomic mass is 10.0. The van der Waals surface area contributed by atoms with Gasteiger partial charge in [0.2, 0.25) is 0 Å². The van der Waals surface area contributed by atoms with Crippen molar-refractivity contribution in [3.05, 3.63) is 0 Å². The molecule has 12 heavy (non-hydrogen) atoms. The van der Waals surface area contributed by atoms with Crippen LogP contribution < -0.4 is 0 Å². The van der Waals surface area contributed by atoms with E-state index in [9.17, 15) is 9.90 Å². The third-order valence-corrected chi connectivity index (χ3v) is 1.74. The number of aliphatic hydroxyl groups is 4. The maximum atomic E-state index is 10.7. The van der Waals surface area contributed by atoms with Crippen LogP contribution >= 0.6 is 0 Å². The second-order valence-corrected chi connectivity index (χ2v) is 2.69. The number of aliphatic hydroxyl groups excluding tert-OH is 3. The molecule has 0 saturated carbocycles. The lowest BCUT2D eigenvalue weighted by molar-refractivity contribution is -0.285. The van der Waals surface area contributed by atoms with E-state index < -0.39 is 30.6 Å². The SMILES string of the molecule is O=C1O[C@@](O)(CO)[C@@H](O)C[C@@H]1O. The molecule has 0 aromatic rings. The Morgan fingerprint density at radius 2 is 2.17 bits per heavy atom. The van der Waals surface area contributed by atoms with E-state index in [1.807, 2.05) is 0 Å². The molecular formula is C6H10O6. The number of hydrogen-bond donors (Lipinski definition) is 4. The van der Waals surface area contributed by atoms with Gasteiger partial charge in [0.25, 0.3) is 5.79 Å². The normalized spacial score (nSPS) is 42.5. The molecule has 6 nitrogen and oxygen atoms in total. The van der Waals surface area contributed by atoms with Crippen molar-refractivity contribution in [2.45, 2.75) is 24.4 Å². The molecule has 1 saturated heterocycles. The highest BCUT2D eigenvalue weighted by molar-refractivity contribution is 5.75. The van der Waals surface area contributed by atoms with E-state index in [1.54, 1.807) is 0 Å². The summed E-state index contributed by atoms with van der Waals surface area (Å²) in [7, 11) is 0. The van der Waals surface area contributed by atoms with Crippen LogP contribution in [0.1, 0.15) is 6.42 Å². The van der Waals surface area contributed by atoms with Gasteiger partial charge in [0.1, 0.15) is 12.7 Å². The number of esters is 1. The summed E-state index contributed by atoms with van der Waals surface area (Å²) in [6.45, 7) is -0.896. The second kappa shape index (κ2) is 2.98. The lowest BCUT2D eigenvalue weighted by Gasteiger charge is -2.35. The third-order valence-electron chi connectivity index (χ3n) is 1.74. The minimum atomic E-state index is -2.27. The fourth-order valence-electron chi connectivity index (χ4n) is 0.940. The molecule has 0 radical (unpaired) electrons. The van der Waals surface area contributed by atoms with Gasteiger partial charge in [-0.1, -0.05) is 0 Å². The summed E-state index contributed by atoms with van der Waals surface area (Å²) in [6.07, 6.45) is -3.24. The summed E-state index contributed by atoms with van der Waals surface area (Å²) in [5.74, 6) is -3.31. The van der Waals surface area contributed by atoms with Crippen LogP contribution in [0.15, 0.2) is 0 Å². The minimum absolute atomic E-state index is 0.337. The van der Waals surface area contributed by atoms with Gasteiger partial charge in [-0.05, 0) is 0 Å². The molecule has 0 unspecified atom stereocenters. The quantitative estimate of drug-likeness (QED) is 0.326. The van der Waals surface area contributed by atoms with Crippen LogP contribution in [-0.2, 0) is 9.53 Å². The molecule has 1 rings (SSSR count). The number of carbonyl (C=O) groups excluding carboxylic acids is 1. The topological polar surface area (TPSA) is 107 Å². The van der Waals surface area contributed by atoms with E-state index in [1.165, 1.54) is 0 Å². The minimum Gasteiger partial charge on any atom is -0.426 e. The molecule has 3 atom stereocenters. The van der Waals surface area contributed by atoms with E-state index in [2.05, 4.69) is 4.74 Å². The third kappa shape index (κ3) is 1.42. The average molecular weight is 178 g/mol. The zero-order chi connectivity index (χ0) is 9.35.